The topological polar surface area (TPSA) is 142 Å². The Morgan fingerprint density at radius 1 is 0.881 bits per heavy atom. The molecule has 12 nitrogen and oxygen atoms in total. The molecule has 0 spiro atoms. The summed E-state index contributed by atoms with van der Waals surface area (Å²) in [5.41, 5.74) is 1.49. The number of pyridine rings is 1. The van der Waals surface area contributed by atoms with Gasteiger partial charge in [-0.15, -0.1) is 0 Å². The van der Waals surface area contributed by atoms with Gasteiger partial charge in [0.1, 0.15) is 22.9 Å². The van der Waals surface area contributed by atoms with Gasteiger partial charge < -0.3 is 14.6 Å². The highest BCUT2D eigenvalue weighted by Gasteiger charge is 2.71. The average molecular weight is 871 g/mol. The normalized spacial score (nSPS) is 25.0. The SMILES string of the molecule is COc1ccc([C@@]23C(=O)N(Nc4ccc(Cl)cc4Cl)C(=O)[C@@H]2C[C@@H]2C(=CC[C@@H]4C(=O)N(N(C)c5nc(C(F)(F)F)ccc5Cl)C(=O)[C@@H]42)[C@@H]3c2ccc(O)cc2OC)cc1. The van der Waals surface area contributed by atoms with Crippen LogP contribution in [0.2, 0.25) is 15.1 Å². The van der Waals surface area contributed by atoms with Crippen LogP contribution in [0.3, 0.4) is 0 Å². The number of anilines is 2. The number of amides is 4. The molecule has 2 aliphatic carbocycles. The molecule has 1 saturated carbocycles. The van der Waals surface area contributed by atoms with E-state index in [4.69, 9.17) is 44.3 Å². The number of aromatic hydroxyl groups is 1. The molecule has 0 unspecified atom stereocenters. The number of methoxy groups -OCH3 is 2. The van der Waals surface area contributed by atoms with Crippen LogP contribution in [-0.4, -0.2) is 65.0 Å². The first-order valence-corrected chi connectivity index (χ1v) is 19.3. The van der Waals surface area contributed by atoms with Crippen LogP contribution in [0.1, 0.15) is 35.6 Å². The van der Waals surface area contributed by atoms with Gasteiger partial charge in [-0.3, -0.25) is 29.6 Å². The van der Waals surface area contributed by atoms with E-state index in [9.17, 15) is 27.9 Å². The standard InChI is InChI=1S/C41H33Cl3F3N5O7/c1-50(35-28(43)13-15-32(48-35)41(45,46)47)52-36(54)25-12-11-23-26(33(25)38(52)56)18-27-37(55)51(49-30-14-6-20(42)16-29(30)44)39(57)40(27,19-4-8-22(58-2)9-5-19)34(23)24-10-7-21(53)17-31(24)59-3/h4-11,13-17,25-27,33-34,49,53H,12,18H2,1-3H3/t25-,26+,27-,33-,34+,40+/m0/s1. The van der Waals surface area contributed by atoms with Crippen LogP contribution in [0.15, 0.2) is 84.4 Å². The third kappa shape index (κ3) is 6.24. The summed E-state index contributed by atoms with van der Waals surface area (Å²) in [6.45, 7) is 0. The van der Waals surface area contributed by atoms with Crippen molar-refractivity contribution in [1.29, 1.82) is 0 Å². The molecule has 59 heavy (non-hydrogen) atoms. The van der Waals surface area contributed by atoms with Gasteiger partial charge in [-0.25, -0.2) is 4.98 Å². The van der Waals surface area contributed by atoms with Crippen molar-refractivity contribution in [3.63, 3.8) is 0 Å². The lowest BCUT2D eigenvalue weighted by molar-refractivity contribution is -0.142. The summed E-state index contributed by atoms with van der Waals surface area (Å²) in [6, 6.07) is 17.2. The number of rotatable bonds is 8. The number of benzene rings is 3. The van der Waals surface area contributed by atoms with E-state index in [1.807, 2.05) is 0 Å². The van der Waals surface area contributed by atoms with Gasteiger partial charge in [0.05, 0.1) is 53.1 Å². The molecule has 2 saturated heterocycles. The van der Waals surface area contributed by atoms with E-state index in [0.717, 1.165) is 21.1 Å². The number of alkyl halides is 3. The fourth-order valence-electron chi connectivity index (χ4n) is 9.32. The zero-order chi connectivity index (χ0) is 42.3. The molecule has 2 N–H and O–H groups in total. The quantitative estimate of drug-likeness (QED) is 0.133. The Bertz CT molecular complexity index is 2470. The lowest BCUT2D eigenvalue weighted by Crippen LogP contribution is -2.53. The molecule has 2 aliphatic heterocycles. The minimum Gasteiger partial charge on any atom is -0.508 e. The third-order valence-corrected chi connectivity index (χ3v) is 12.7. The van der Waals surface area contributed by atoms with Crippen molar-refractivity contribution >= 4 is 69.9 Å². The van der Waals surface area contributed by atoms with E-state index in [2.05, 4.69) is 10.4 Å². The molecule has 306 valence electrons. The molecule has 6 atom stereocenters. The second-order valence-electron chi connectivity index (χ2n) is 14.7. The zero-order valence-electron chi connectivity index (χ0n) is 31.3. The summed E-state index contributed by atoms with van der Waals surface area (Å²) in [4.78, 5) is 63.1. The number of ether oxygens (including phenoxy) is 2. The first kappa shape index (κ1) is 40.3. The van der Waals surface area contributed by atoms with Crippen molar-refractivity contribution in [2.24, 2.45) is 23.7 Å². The van der Waals surface area contributed by atoms with Gasteiger partial charge in [-0.05, 0) is 72.9 Å². The minimum atomic E-state index is -4.85. The Morgan fingerprint density at radius 3 is 2.27 bits per heavy atom. The Morgan fingerprint density at radius 2 is 1.61 bits per heavy atom. The molecule has 3 aromatic carbocycles. The highest BCUT2D eigenvalue weighted by Crippen LogP contribution is 2.65. The highest BCUT2D eigenvalue weighted by molar-refractivity contribution is 6.36. The number of hydrazine groups is 2. The molecule has 8 rings (SSSR count). The molecule has 4 aromatic rings. The number of imide groups is 2. The second kappa shape index (κ2) is 14.6. The number of halogens is 6. The van der Waals surface area contributed by atoms with Crippen LogP contribution in [0.4, 0.5) is 24.7 Å². The first-order chi connectivity index (χ1) is 28.0. The fraction of sp³-hybridized carbons (Fsp3) is 0.293. The Kier molecular flexibility index (Phi) is 10.00. The molecule has 4 aliphatic rings. The number of hydrogen-bond donors (Lipinski definition) is 2. The van der Waals surface area contributed by atoms with Gasteiger partial charge in [0, 0.05) is 29.6 Å². The van der Waals surface area contributed by atoms with Crippen LogP contribution in [0.5, 0.6) is 17.2 Å². The third-order valence-electron chi connectivity index (χ3n) is 11.8. The second-order valence-corrected chi connectivity index (χ2v) is 15.9. The Balaban J connectivity index is 1.31. The number of nitrogens with one attached hydrogen (secondary N) is 1. The van der Waals surface area contributed by atoms with E-state index in [1.165, 1.54) is 51.6 Å². The predicted molar refractivity (Wildman–Crippen MR) is 210 cm³/mol. The number of phenols is 1. The van der Waals surface area contributed by atoms with E-state index in [1.54, 1.807) is 36.4 Å². The molecule has 18 heteroatoms. The van der Waals surface area contributed by atoms with E-state index < -0.39 is 76.3 Å². The maximum absolute atomic E-state index is 15.5. The highest BCUT2D eigenvalue weighted by atomic mass is 35.5. The van der Waals surface area contributed by atoms with Crippen LogP contribution >= 0.6 is 34.8 Å². The largest absolute Gasteiger partial charge is 0.508 e. The first-order valence-electron chi connectivity index (χ1n) is 18.2. The summed E-state index contributed by atoms with van der Waals surface area (Å²) < 4.78 is 52.5. The van der Waals surface area contributed by atoms with Crippen LogP contribution in [-0.2, 0) is 30.8 Å². The van der Waals surface area contributed by atoms with Crippen molar-refractivity contribution in [3.8, 4) is 17.2 Å². The maximum atomic E-state index is 15.5. The van der Waals surface area contributed by atoms with Crippen molar-refractivity contribution in [2.75, 3.05) is 31.7 Å². The maximum Gasteiger partial charge on any atom is 0.433 e. The van der Waals surface area contributed by atoms with Crippen molar-refractivity contribution < 1.29 is 46.9 Å². The molecule has 3 heterocycles. The fourth-order valence-corrected chi connectivity index (χ4v) is 9.99. The minimum absolute atomic E-state index is 0.0000923. The number of aromatic nitrogens is 1. The molecular weight excluding hydrogens is 838 g/mol. The monoisotopic (exact) mass is 869 g/mol. The van der Waals surface area contributed by atoms with Gasteiger partial charge in [0.15, 0.2) is 5.82 Å². The molecule has 3 fully saturated rings. The summed E-state index contributed by atoms with van der Waals surface area (Å²) in [5, 5.41) is 13.3. The van der Waals surface area contributed by atoms with Gasteiger partial charge in [0.2, 0.25) is 0 Å². The Labute approximate surface area is 350 Å². The number of allylic oxidation sites excluding steroid dienone is 2. The van der Waals surface area contributed by atoms with Gasteiger partial charge >= 0.3 is 6.18 Å². The Hall–Kier alpha value is -5.51. The van der Waals surface area contributed by atoms with Crippen LogP contribution < -0.4 is 19.9 Å². The number of carbonyl (C=O) groups excluding carboxylic acids is 4. The molecule has 4 amide bonds. The lowest BCUT2D eigenvalue weighted by atomic mass is 9.49. The smallest absolute Gasteiger partial charge is 0.433 e. The average Bonchev–Trinajstić information content (AvgIpc) is 3.58. The number of fused-ring (bicyclic) bond motifs is 4. The number of nitrogens with zero attached hydrogens (tertiary/aromatic N) is 4. The van der Waals surface area contributed by atoms with Gasteiger partial charge in [-0.1, -0.05) is 64.7 Å². The number of phenolic OH excluding ortho intramolecular Hbond substituents is 1. The van der Waals surface area contributed by atoms with Crippen molar-refractivity contribution in [2.45, 2.75) is 30.4 Å². The predicted octanol–water partition coefficient (Wildman–Crippen LogP) is 7.82. The summed E-state index contributed by atoms with van der Waals surface area (Å²) in [6.07, 6.45) is -3.16. The molecular formula is C41H33Cl3F3N5O7. The molecule has 0 bridgehead atoms. The van der Waals surface area contributed by atoms with E-state index in [0.29, 0.717) is 33.5 Å². The zero-order valence-corrected chi connectivity index (χ0v) is 33.5. The molecule has 0 radical (unpaired) electrons. The van der Waals surface area contributed by atoms with E-state index >= 15 is 9.59 Å². The van der Waals surface area contributed by atoms with Gasteiger partial charge in [0.25, 0.3) is 23.6 Å². The lowest BCUT2D eigenvalue weighted by Gasteiger charge is -2.50. The summed E-state index contributed by atoms with van der Waals surface area (Å²) >= 11 is 19.0. The van der Waals surface area contributed by atoms with E-state index in [-0.39, 0.29) is 40.1 Å². The van der Waals surface area contributed by atoms with Crippen molar-refractivity contribution in [1.82, 2.24) is 15.0 Å². The molecule has 1 aromatic heterocycles. The summed E-state index contributed by atoms with van der Waals surface area (Å²) in [7, 11) is 4.09. The van der Waals surface area contributed by atoms with Crippen molar-refractivity contribution in [3.05, 3.63) is 116 Å². The van der Waals surface area contributed by atoms with Crippen LogP contribution in [0.25, 0.3) is 0 Å². The van der Waals surface area contributed by atoms with Gasteiger partial charge in [-0.2, -0.15) is 23.2 Å². The number of hydrogen-bond acceptors (Lipinski definition) is 10. The number of carbonyl (C=O) groups is 4. The summed E-state index contributed by atoms with van der Waals surface area (Å²) in [5.74, 6) is -7.94. The van der Waals surface area contributed by atoms with Crippen LogP contribution in [0, 0.1) is 23.7 Å².